The van der Waals surface area contributed by atoms with Crippen molar-refractivity contribution in [2.75, 3.05) is 11.6 Å². The second kappa shape index (κ2) is 12.0. The van der Waals surface area contributed by atoms with E-state index < -0.39 is 0 Å². The van der Waals surface area contributed by atoms with Crippen LogP contribution < -0.4 is 5.32 Å². The van der Waals surface area contributed by atoms with Gasteiger partial charge in [-0.1, -0.05) is 20.4 Å². The van der Waals surface area contributed by atoms with Crippen LogP contribution >= 0.6 is 12.6 Å². The van der Waals surface area contributed by atoms with Gasteiger partial charge in [0.25, 0.3) is 0 Å². The van der Waals surface area contributed by atoms with Crippen LogP contribution in [0.2, 0.25) is 0 Å². The highest BCUT2D eigenvalue weighted by molar-refractivity contribution is 7.79. The van der Waals surface area contributed by atoms with E-state index in [0.29, 0.717) is 0 Å². The molecule has 80 valence electrons. The number of anilines is 1. The molecule has 2 nitrogen and oxygen atoms in total. The molecule has 0 unspecified atom stereocenters. The van der Waals surface area contributed by atoms with Gasteiger partial charge in [0, 0.05) is 6.20 Å². The second-order valence-corrected chi connectivity index (χ2v) is 2.10. The van der Waals surface area contributed by atoms with E-state index >= 15 is 0 Å². The molecule has 0 saturated carbocycles. The third-order valence-electron chi connectivity index (χ3n) is 1.14. The number of aromatic nitrogens is 1. The van der Waals surface area contributed by atoms with Gasteiger partial charge < -0.3 is 5.32 Å². The Hall–Kier alpha value is -0.960. The fourth-order valence-electron chi connectivity index (χ4n) is 0.752. The molecule has 1 N–H and O–H groups in total. The van der Waals surface area contributed by atoms with E-state index in [1.54, 1.807) is 18.7 Å². The van der Waals surface area contributed by atoms with Crippen molar-refractivity contribution in [3.05, 3.63) is 36.8 Å². The summed E-state index contributed by atoms with van der Waals surface area (Å²) in [6.07, 6.45) is 6.90. The molecule has 0 fully saturated rings. The van der Waals surface area contributed by atoms with Gasteiger partial charge in [0.1, 0.15) is 0 Å². The SMILES string of the molecule is C=CNc1cncc(C)c1.CC.CS. The van der Waals surface area contributed by atoms with Crippen molar-refractivity contribution in [2.24, 2.45) is 0 Å². The lowest BCUT2D eigenvalue weighted by Gasteiger charge is -1.98. The maximum Gasteiger partial charge on any atom is 0.0568 e. The molecule has 1 aromatic heterocycles. The predicted molar refractivity (Wildman–Crippen MR) is 69.1 cm³/mol. The van der Waals surface area contributed by atoms with Gasteiger partial charge in [0.15, 0.2) is 0 Å². The molecule has 0 radical (unpaired) electrons. The smallest absolute Gasteiger partial charge is 0.0568 e. The molecule has 0 saturated heterocycles. The van der Waals surface area contributed by atoms with E-state index in [1.807, 2.05) is 33.0 Å². The summed E-state index contributed by atoms with van der Waals surface area (Å²) in [7, 11) is 0. The van der Waals surface area contributed by atoms with E-state index in [4.69, 9.17) is 0 Å². The second-order valence-electron chi connectivity index (χ2n) is 2.10. The lowest BCUT2D eigenvalue weighted by molar-refractivity contribution is 1.27. The predicted octanol–water partition coefficient (Wildman–Crippen LogP) is 3.52. The van der Waals surface area contributed by atoms with Gasteiger partial charge >= 0.3 is 0 Å². The standard InChI is InChI=1S/C8H10N2.C2H6.CH4S/c1-3-10-8-4-7(2)5-9-6-8;2*1-2/h3-6,10H,1H2,2H3;1-2H3;2H,1H3. The number of hydrogen-bond acceptors (Lipinski definition) is 3. The Kier molecular flexibility index (Phi) is 13.3. The maximum atomic E-state index is 3.99. The Morgan fingerprint density at radius 3 is 2.36 bits per heavy atom. The third-order valence-corrected chi connectivity index (χ3v) is 1.14. The molecular weight excluding hydrogens is 192 g/mol. The molecule has 0 aromatic carbocycles. The van der Waals surface area contributed by atoms with Gasteiger partial charge in [-0.15, -0.1) is 0 Å². The van der Waals surface area contributed by atoms with Crippen molar-refractivity contribution < 1.29 is 0 Å². The average molecular weight is 212 g/mol. The quantitative estimate of drug-likeness (QED) is 0.733. The van der Waals surface area contributed by atoms with Crippen LogP contribution in [0.4, 0.5) is 5.69 Å². The Labute approximate surface area is 92.9 Å². The normalized spacial score (nSPS) is 7.21. The molecule has 0 atom stereocenters. The molecule has 1 aromatic rings. The van der Waals surface area contributed by atoms with Crippen molar-refractivity contribution in [3.63, 3.8) is 0 Å². The van der Waals surface area contributed by atoms with Gasteiger partial charge in [-0.3, -0.25) is 4.98 Å². The molecule has 3 heteroatoms. The van der Waals surface area contributed by atoms with Crippen LogP contribution in [0.1, 0.15) is 19.4 Å². The van der Waals surface area contributed by atoms with Crippen LogP contribution in [0.15, 0.2) is 31.2 Å². The summed E-state index contributed by atoms with van der Waals surface area (Å²) in [4.78, 5) is 3.99. The molecule has 0 spiro atoms. The Morgan fingerprint density at radius 2 is 1.93 bits per heavy atom. The van der Waals surface area contributed by atoms with Crippen molar-refractivity contribution in [2.45, 2.75) is 20.8 Å². The first-order valence-corrected chi connectivity index (χ1v) is 5.46. The summed E-state index contributed by atoms with van der Waals surface area (Å²) in [6.45, 7) is 9.55. The van der Waals surface area contributed by atoms with Gasteiger partial charge in [0.05, 0.1) is 11.9 Å². The number of nitrogens with one attached hydrogen (secondary N) is 1. The number of rotatable bonds is 2. The minimum atomic E-state index is 0.981. The van der Waals surface area contributed by atoms with Crippen LogP contribution in [0, 0.1) is 6.92 Å². The number of pyridine rings is 1. The molecule has 0 aliphatic carbocycles. The van der Waals surface area contributed by atoms with Crippen LogP contribution in [0.5, 0.6) is 0 Å². The summed E-state index contributed by atoms with van der Waals surface area (Å²) < 4.78 is 0. The summed E-state index contributed by atoms with van der Waals surface area (Å²) in [5, 5.41) is 2.95. The number of thiol groups is 1. The Bertz CT molecular complexity index is 236. The molecule has 1 rings (SSSR count). The minimum Gasteiger partial charge on any atom is -0.361 e. The zero-order valence-corrected chi connectivity index (χ0v) is 10.3. The van der Waals surface area contributed by atoms with E-state index in [2.05, 4.69) is 29.5 Å². The fourth-order valence-corrected chi connectivity index (χ4v) is 0.752. The number of aryl methyl sites for hydroxylation is 1. The number of hydrogen-bond donors (Lipinski definition) is 2. The largest absolute Gasteiger partial charge is 0.361 e. The van der Waals surface area contributed by atoms with Crippen molar-refractivity contribution >= 4 is 18.3 Å². The van der Waals surface area contributed by atoms with Crippen LogP contribution in [-0.4, -0.2) is 11.2 Å². The maximum absolute atomic E-state index is 3.99. The van der Waals surface area contributed by atoms with E-state index in [1.165, 1.54) is 0 Å². The monoisotopic (exact) mass is 212 g/mol. The summed E-state index contributed by atoms with van der Waals surface area (Å²) >= 11 is 3.53. The van der Waals surface area contributed by atoms with E-state index in [0.717, 1.165) is 11.3 Å². The lowest BCUT2D eigenvalue weighted by atomic mass is 10.3. The van der Waals surface area contributed by atoms with Gasteiger partial charge in [-0.25, -0.2) is 0 Å². The van der Waals surface area contributed by atoms with Crippen molar-refractivity contribution in [3.8, 4) is 0 Å². The Balaban J connectivity index is 0. The van der Waals surface area contributed by atoms with Gasteiger partial charge in [-0.05, 0) is 31.0 Å². The molecule has 0 amide bonds. The molecule has 0 aliphatic rings. The highest BCUT2D eigenvalue weighted by Crippen LogP contribution is 2.05. The summed E-state index contributed by atoms with van der Waals surface area (Å²) in [5.41, 5.74) is 2.13. The fraction of sp³-hybridized carbons (Fsp3) is 0.364. The minimum absolute atomic E-state index is 0.981. The highest BCUT2D eigenvalue weighted by atomic mass is 32.1. The van der Waals surface area contributed by atoms with Crippen molar-refractivity contribution in [1.29, 1.82) is 0 Å². The lowest BCUT2D eigenvalue weighted by Crippen LogP contribution is -1.87. The summed E-state index contributed by atoms with van der Waals surface area (Å²) in [5.74, 6) is 0. The molecular formula is C11H20N2S. The topological polar surface area (TPSA) is 24.9 Å². The van der Waals surface area contributed by atoms with Crippen LogP contribution in [-0.2, 0) is 0 Å². The number of nitrogens with zero attached hydrogens (tertiary/aromatic N) is 1. The van der Waals surface area contributed by atoms with E-state index in [9.17, 15) is 0 Å². The first-order chi connectivity index (χ1) is 6.83. The average Bonchev–Trinajstić information content (AvgIpc) is 2.24. The molecule has 0 bridgehead atoms. The van der Waals surface area contributed by atoms with Crippen LogP contribution in [0.25, 0.3) is 0 Å². The third kappa shape index (κ3) is 7.68. The van der Waals surface area contributed by atoms with Gasteiger partial charge in [-0.2, -0.15) is 12.6 Å². The van der Waals surface area contributed by atoms with Crippen LogP contribution in [0.3, 0.4) is 0 Å². The first-order valence-electron chi connectivity index (χ1n) is 4.57. The van der Waals surface area contributed by atoms with Gasteiger partial charge in [0.2, 0.25) is 0 Å². The summed E-state index contributed by atoms with van der Waals surface area (Å²) in [6, 6.07) is 2.01. The highest BCUT2D eigenvalue weighted by Gasteiger charge is 1.87. The zero-order valence-electron chi connectivity index (χ0n) is 9.41. The zero-order chi connectivity index (χ0) is 11.4. The first kappa shape index (κ1) is 15.5. The van der Waals surface area contributed by atoms with Crippen molar-refractivity contribution in [1.82, 2.24) is 4.98 Å². The molecule has 1 heterocycles. The molecule has 14 heavy (non-hydrogen) atoms. The Morgan fingerprint density at radius 1 is 1.36 bits per heavy atom. The molecule has 0 aliphatic heterocycles. The van der Waals surface area contributed by atoms with E-state index in [-0.39, 0.29) is 0 Å².